The molecule has 1 atom stereocenters. The molecule has 0 aliphatic heterocycles. The Labute approximate surface area is 96.0 Å². The van der Waals surface area contributed by atoms with Crippen LogP contribution in [0.1, 0.15) is 12.0 Å². The van der Waals surface area contributed by atoms with E-state index in [-0.39, 0.29) is 6.10 Å². The number of aliphatic hydroxyl groups excluding tert-OH is 1. The summed E-state index contributed by atoms with van der Waals surface area (Å²) < 4.78 is 11.9. The molecule has 0 saturated carbocycles. The lowest BCUT2D eigenvalue weighted by Gasteiger charge is -2.09. The third-order valence-corrected chi connectivity index (χ3v) is 2.26. The molecule has 16 heavy (non-hydrogen) atoms. The molecule has 0 saturated heterocycles. The van der Waals surface area contributed by atoms with E-state index in [4.69, 9.17) is 9.47 Å². The van der Waals surface area contributed by atoms with Gasteiger partial charge in [0, 0.05) is 33.4 Å². The molecule has 1 rings (SSSR count). The standard InChI is InChI=1S/C11H20N2O3/c1-13-9-10(8-12-13)7-11(14)3-4-16-6-5-15-2/h8-9,11,14H,3-7H2,1-2H3. The summed E-state index contributed by atoms with van der Waals surface area (Å²) in [5, 5.41) is 13.8. The van der Waals surface area contributed by atoms with Crippen molar-refractivity contribution in [1.82, 2.24) is 9.78 Å². The van der Waals surface area contributed by atoms with E-state index >= 15 is 0 Å². The van der Waals surface area contributed by atoms with Gasteiger partial charge in [-0.3, -0.25) is 4.68 Å². The summed E-state index contributed by atoms with van der Waals surface area (Å²) in [4.78, 5) is 0. The second-order valence-corrected chi connectivity index (χ2v) is 3.77. The second kappa shape index (κ2) is 7.38. The van der Waals surface area contributed by atoms with Crippen molar-refractivity contribution in [3.63, 3.8) is 0 Å². The number of hydrogen-bond donors (Lipinski definition) is 1. The van der Waals surface area contributed by atoms with Gasteiger partial charge in [0.15, 0.2) is 0 Å². The molecule has 1 aromatic rings. The maximum Gasteiger partial charge on any atom is 0.0700 e. The number of ether oxygens (including phenoxy) is 2. The predicted molar refractivity (Wildman–Crippen MR) is 60.2 cm³/mol. The highest BCUT2D eigenvalue weighted by molar-refractivity contribution is 5.04. The highest BCUT2D eigenvalue weighted by atomic mass is 16.5. The summed E-state index contributed by atoms with van der Waals surface area (Å²) in [5.41, 5.74) is 1.05. The topological polar surface area (TPSA) is 56.5 Å². The van der Waals surface area contributed by atoms with Crippen molar-refractivity contribution >= 4 is 0 Å². The van der Waals surface area contributed by atoms with Crippen molar-refractivity contribution in [2.24, 2.45) is 7.05 Å². The molecule has 5 heteroatoms. The Morgan fingerprint density at radius 3 is 2.88 bits per heavy atom. The lowest BCUT2D eigenvalue weighted by Crippen LogP contribution is -2.14. The van der Waals surface area contributed by atoms with E-state index in [0.29, 0.717) is 32.7 Å². The van der Waals surface area contributed by atoms with Crippen molar-refractivity contribution in [2.75, 3.05) is 26.9 Å². The first-order valence-electron chi connectivity index (χ1n) is 5.44. The molecule has 1 unspecified atom stereocenters. The van der Waals surface area contributed by atoms with Crippen LogP contribution >= 0.6 is 0 Å². The van der Waals surface area contributed by atoms with Crippen LogP contribution in [0.2, 0.25) is 0 Å². The molecule has 1 N–H and O–H groups in total. The average Bonchev–Trinajstić information content (AvgIpc) is 2.63. The van der Waals surface area contributed by atoms with Crippen LogP contribution in [0.5, 0.6) is 0 Å². The summed E-state index contributed by atoms with van der Waals surface area (Å²) >= 11 is 0. The monoisotopic (exact) mass is 228 g/mol. The van der Waals surface area contributed by atoms with E-state index in [1.807, 2.05) is 13.2 Å². The lowest BCUT2D eigenvalue weighted by molar-refractivity contribution is 0.0479. The van der Waals surface area contributed by atoms with Gasteiger partial charge in [-0.25, -0.2) is 0 Å². The minimum absolute atomic E-state index is 0.369. The Balaban J connectivity index is 2.09. The Bertz CT molecular complexity index is 289. The van der Waals surface area contributed by atoms with Crippen LogP contribution < -0.4 is 0 Å². The fourth-order valence-electron chi connectivity index (χ4n) is 1.42. The average molecular weight is 228 g/mol. The van der Waals surface area contributed by atoms with Gasteiger partial charge in [-0.15, -0.1) is 0 Å². The first-order valence-corrected chi connectivity index (χ1v) is 5.44. The molecule has 0 aliphatic rings. The van der Waals surface area contributed by atoms with Crippen molar-refractivity contribution in [2.45, 2.75) is 18.9 Å². The Morgan fingerprint density at radius 1 is 1.44 bits per heavy atom. The summed E-state index contributed by atoms with van der Waals surface area (Å²) in [6.45, 7) is 1.74. The molecule has 0 fully saturated rings. The molecule has 0 amide bonds. The van der Waals surface area contributed by atoms with E-state index in [0.717, 1.165) is 5.56 Å². The van der Waals surface area contributed by atoms with Gasteiger partial charge in [-0.05, 0) is 12.0 Å². The SMILES string of the molecule is COCCOCCC(O)Cc1cnn(C)c1. The molecule has 0 aliphatic carbocycles. The number of aliphatic hydroxyl groups is 1. The highest BCUT2D eigenvalue weighted by Gasteiger charge is 2.06. The fourth-order valence-corrected chi connectivity index (χ4v) is 1.42. The minimum atomic E-state index is -0.369. The number of rotatable bonds is 8. The zero-order valence-electron chi connectivity index (χ0n) is 9.93. The third-order valence-electron chi connectivity index (χ3n) is 2.26. The van der Waals surface area contributed by atoms with Gasteiger partial charge in [0.1, 0.15) is 0 Å². The maximum absolute atomic E-state index is 9.72. The zero-order chi connectivity index (χ0) is 11.8. The first kappa shape index (κ1) is 13.2. The third kappa shape index (κ3) is 5.25. The van der Waals surface area contributed by atoms with Gasteiger partial charge < -0.3 is 14.6 Å². The van der Waals surface area contributed by atoms with Crippen LogP contribution in [0.4, 0.5) is 0 Å². The number of methoxy groups -OCH3 is 1. The van der Waals surface area contributed by atoms with Crippen LogP contribution in [0.25, 0.3) is 0 Å². The van der Waals surface area contributed by atoms with Crippen molar-refractivity contribution in [3.8, 4) is 0 Å². The van der Waals surface area contributed by atoms with Crippen LogP contribution in [0.3, 0.4) is 0 Å². The first-order chi connectivity index (χ1) is 7.72. The molecular formula is C11H20N2O3. The Hall–Kier alpha value is -0.910. The lowest BCUT2D eigenvalue weighted by atomic mass is 10.1. The van der Waals surface area contributed by atoms with Gasteiger partial charge >= 0.3 is 0 Å². The Kier molecular flexibility index (Phi) is 6.07. The van der Waals surface area contributed by atoms with Gasteiger partial charge in [-0.1, -0.05) is 0 Å². The number of hydrogen-bond acceptors (Lipinski definition) is 4. The van der Waals surface area contributed by atoms with E-state index in [2.05, 4.69) is 5.10 Å². The quantitative estimate of drug-likeness (QED) is 0.653. The number of aromatic nitrogens is 2. The van der Waals surface area contributed by atoms with E-state index in [9.17, 15) is 5.11 Å². The normalized spacial score (nSPS) is 12.9. The van der Waals surface area contributed by atoms with E-state index in [1.165, 1.54) is 0 Å². The summed E-state index contributed by atoms with van der Waals surface area (Å²) in [6, 6.07) is 0. The van der Waals surface area contributed by atoms with Crippen LogP contribution in [-0.2, 0) is 22.9 Å². The van der Waals surface area contributed by atoms with Crippen LogP contribution in [0, 0.1) is 0 Å². The fraction of sp³-hybridized carbons (Fsp3) is 0.727. The summed E-state index contributed by atoms with van der Waals surface area (Å²) in [6.07, 6.45) is 4.58. The smallest absolute Gasteiger partial charge is 0.0700 e. The molecule has 1 heterocycles. The predicted octanol–water partition coefficient (Wildman–Crippen LogP) is 0.377. The molecule has 0 radical (unpaired) electrons. The number of nitrogens with zero attached hydrogens (tertiary/aromatic N) is 2. The summed E-state index contributed by atoms with van der Waals surface area (Å²) in [7, 11) is 3.50. The van der Waals surface area contributed by atoms with Crippen LogP contribution in [-0.4, -0.2) is 47.9 Å². The summed E-state index contributed by atoms with van der Waals surface area (Å²) in [5.74, 6) is 0. The molecule has 1 aromatic heterocycles. The van der Waals surface area contributed by atoms with Crippen molar-refractivity contribution in [3.05, 3.63) is 18.0 Å². The van der Waals surface area contributed by atoms with Gasteiger partial charge in [0.25, 0.3) is 0 Å². The van der Waals surface area contributed by atoms with Crippen molar-refractivity contribution < 1.29 is 14.6 Å². The van der Waals surface area contributed by atoms with E-state index in [1.54, 1.807) is 18.0 Å². The largest absolute Gasteiger partial charge is 0.393 e. The van der Waals surface area contributed by atoms with Crippen molar-refractivity contribution in [1.29, 1.82) is 0 Å². The van der Waals surface area contributed by atoms with Gasteiger partial charge in [0.2, 0.25) is 0 Å². The molecular weight excluding hydrogens is 208 g/mol. The van der Waals surface area contributed by atoms with E-state index < -0.39 is 0 Å². The molecule has 0 aromatic carbocycles. The molecule has 0 bridgehead atoms. The molecule has 92 valence electrons. The second-order valence-electron chi connectivity index (χ2n) is 3.77. The highest BCUT2D eigenvalue weighted by Crippen LogP contribution is 2.04. The van der Waals surface area contributed by atoms with Gasteiger partial charge in [-0.2, -0.15) is 5.10 Å². The minimum Gasteiger partial charge on any atom is -0.393 e. The molecule has 5 nitrogen and oxygen atoms in total. The molecule has 0 spiro atoms. The maximum atomic E-state index is 9.72. The van der Waals surface area contributed by atoms with Gasteiger partial charge in [0.05, 0.1) is 25.5 Å². The Morgan fingerprint density at radius 2 is 2.25 bits per heavy atom. The van der Waals surface area contributed by atoms with Crippen LogP contribution in [0.15, 0.2) is 12.4 Å². The number of aryl methyl sites for hydroxylation is 1. The zero-order valence-corrected chi connectivity index (χ0v) is 9.93.